The van der Waals surface area contributed by atoms with Gasteiger partial charge in [0.15, 0.2) is 0 Å². The molecule has 0 saturated heterocycles. The number of fused-ring (bicyclic) bond motifs is 3. The number of nitrogens with one attached hydrogen (secondary N) is 1. The molecule has 144 valence electrons. The first-order valence-electron chi connectivity index (χ1n) is 8.84. The molecule has 4 rings (SSSR count). The molecule has 1 aromatic heterocycles. The standard InChI is InChI=1S/C21H18Cl2N2O3/c1-11(26)25-17(21(27)28-2)10-14-12-6-3-4-9-16(12)24-19(14)20(25)13-7-5-8-15(22)18(13)23/h3-9,17,20,24H,10H2,1-2H3/t17-,20?/m0/s1. The lowest BCUT2D eigenvalue weighted by atomic mass is 9.88. The summed E-state index contributed by atoms with van der Waals surface area (Å²) >= 11 is 12.8. The fourth-order valence-corrected chi connectivity index (χ4v) is 4.47. The Morgan fingerprint density at radius 1 is 1.14 bits per heavy atom. The van der Waals surface area contributed by atoms with Gasteiger partial charge in [-0.05, 0) is 17.7 Å². The third kappa shape index (κ3) is 2.86. The van der Waals surface area contributed by atoms with Gasteiger partial charge in [0.25, 0.3) is 0 Å². The zero-order valence-electron chi connectivity index (χ0n) is 15.3. The van der Waals surface area contributed by atoms with Crippen molar-refractivity contribution in [3.05, 3.63) is 69.3 Å². The molecule has 0 radical (unpaired) electrons. The van der Waals surface area contributed by atoms with E-state index in [9.17, 15) is 9.59 Å². The van der Waals surface area contributed by atoms with E-state index in [4.69, 9.17) is 27.9 Å². The molecule has 2 aromatic carbocycles. The first kappa shape index (κ1) is 18.8. The molecule has 2 heterocycles. The molecule has 0 fully saturated rings. The number of carbonyl (C=O) groups is 2. The third-order valence-electron chi connectivity index (χ3n) is 5.24. The minimum absolute atomic E-state index is 0.249. The summed E-state index contributed by atoms with van der Waals surface area (Å²) in [7, 11) is 1.33. The van der Waals surface area contributed by atoms with Crippen molar-refractivity contribution in [3.63, 3.8) is 0 Å². The molecular formula is C21H18Cl2N2O3. The summed E-state index contributed by atoms with van der Waals surface area (Å²) < 4.78 is 5.01. The Labute approximate surface area is 172 Å². The number of aromatic nitrogens is 1. The van der Waals surface area contributed by atoms with Crippen LogP contribution in [0.3, 0.4) is 0 Å². The number of amides is 1. The Bertz CT molecular complexity index is 1090. The SMILES string of the molecule is COC(=O)[C@@H]1Cc2c([nH]c3ccccc23)C(c2cccc(Cl)c2Cl)N1C(C)=O. The molecule has 1 amide bonds. The minimum Gasteiger partial charge on any atom is -0.467 e. The third-order valence-corrected chi connectivity index (χ3v) is 6.08. The molecule has 28 heavy (non-hydrogen) atoms. The van der Waals surface area contributed by atoms with E-state index in [0.29, 0.717) is 22.0 Å². The predicted octanol–water partition coefficient (Wildman–Crippen LogP) is 4.51. The van der Waals surface area contributed by atoms with Crippen LogP contribution in [0.25, 0.3) is 10.9 Å². The number of hydrogen-bond acceptors (Lipinski definition) is 3. The highest BCUT2D eigenvalue weighted by Crippen LogP contribution is 2.44. The van der Waals surface area contributed by atoms with Crippen LogP contribution in [0, 0.1) is 0 Å². The smallest absolute Gasteiger partial charge is 0.328 e. The van der Waals surface area contributed by atoms with Gasteiger partial charge in [-0.15, -0.1) is 0 Å². The van der Waals surface area contributed by atoms with Crippen molar-refractivity contribution in [2.75, 3.05) is 7.11 Å². The second kappa shape index (κ2) is 7.15. The topological polar surface area (TPSA) is 62.4 Å². The average molecular weight is 417 g/mol. The van der Waals surface area contributed by atoms with Gasteiger partial charge >= 0.3 is 5.97 Å². The molecule has 1 aliphatic heterocycles. The molecule has 5 nitrogen and oxygen atoms in total. The number of methoxy groups -OCH3 is 1. The Hall–Kier alpha value is -2.50. The summed E-state index contributed by atoms with van der Waals surface area (Å²) in [6, 6.07) is 11.8. The van der Waals surface area contributed by atoms with Gasteiger partial charge < -0.3 is 14.6 Å². The second-order valence-electron chi connectivity index (χ2n) is 6.78. The molecular weight excluding hydrogens is 399 g/mol. The van der Waals surface area contributed by atoms with Gasteiger partial charge in [0.2, 0.25) is 5.91 Å². The number of carbonyl (C=O) groups excluding carboxylic acids is 2. The van der Waals surface area contributed by atoms with Gasteiger partial charge in [0.1, 0.15) is 6.04 Å². The first-order chi connectivity index (χ1) is 13.4. The van der Waals surface area contributed by atoms with Gasteiger partial charge in [-0.2, -0.15) is 0 Å². The van der Waals surface area contributed by atoms with Gasteiger partial charge in [-0.25, -0.2) is 4.79 Å². The average Bonchev–Trinajstić information content (AvgIpc) is 3.06. The van der Waals surface area contributed by atoms with Crippen LogP contribution in [0.2, 0.25) is 10.0 Å². The molecule has 0 saturated carbocycles. The van der Waals surface area contributed by atoms with E-state index in [1.165, 1.54) is 18.9 Å². The summed E-state index contributed by atoms with van der Waals surface area (Å²) in [5.74, 6) is -0.713. The number of rotatable bonds is 2. The van der Waals surface area contributed by atoms with Crippen molar-refractivity contribution in [2.24, 2.45) is 0 Å². The molecule has 3 aromatic rings. The van der Waals surface area contributed by atoms with Crippen LogP contribution in [0.1, 0.15) is 29.8 Å². The second-order valence-corrected chi connectivity index (χ2v) is 7.56. The largest absolute Gasteiger partial charge is 0.467 e. The van der Waals surface area contributed by atoms with Crippen LogP contribution in [0.15, 0.2) is 42.5 Å². The number of halogens is 2. The highest BCUT2D eigenvalue weighted by molar-refractivity contribution is 6.42. The fraction of sp³-hybridized carbons (Fsp3) is 0.238. The van der Waals surface area contributed by atoms with Crippen LogP contribution >= 0.6 is 23.2 Å². The quantitative estimate of drug-likeness (QED) is 0.625. The van der Waals surface area contributed by atoms with Gasteiger partial charge in [0, 0.05) is 35.5 Å². The van der Waals surface area contributed by atoms with Crippen LogP contribution in [0.5, 0.6) is 0 Å². The Morgan fingerprint density at radius 3 is 2.61 bits per heavy atom. The summed E-state index contributed by atoms with van der Waals surface area (Å²) in [5, 5.41) is 1.76. The van der Waals surface area contributed by atoms with Gasteiger partial charge in [0.05, 0.1) is 23.2 Å². The van der Waals surface area contributed by atoms with Crippen molar-refractivity contribution >= 4 is 46.0 Å². The Kier molecular flexibility index (Phi) is 4.81. The van der Waals surface area contributed by atoms with Crippen LogP contribution in [-0.4, -0.2) is 34.9 Å². The molecule has 0 bridgehead atoms. The van der Waals surface area contributed by atoms with Crippen LogP contribution in [0.4, 0.5) is 0 Å². The van der Waals surface area contributed by atoms with E-state index < -0.39 is 18.1 Å². The first-order valence-corrected chi connectivity index (χ1v) is 9.59. The molecule has 0 aliphatic carbocycles. The molecule has 1 N–H and O–H groups in total. The molecule has 1 unspecified atom stereocenters. The van der Waals surface area contributed by atoms with Crippen molar-refractivity contribution in [3.8, 4) is 0 Å². The zero-order valence-corrected chi connectivity index (χ0v) is 16.8. The van der Waals surface area contributed by atoms with E-state index in [1.807, 2.05) is 30.3 Å². The Morgan fingerprint density at radius 2 is 1.89 bits per heavy atom. The summed E-state index contributed by atoms with van der Waals surface area (Å²) in [4.78, 5) is 30.2. The lowest BCUT2D eigenvalue weighted by molar-refractivity contribution is -0.154. The number of para-hydroxylation sites is 1. The van der Waals surface area contributed by atoms with E-state index in [1.54, 1.807) is 12.1 Å². The van der Waals surface area contributed by atoms with Gasteiger partial charge in [-0.1, -0.05) is 53.5 Å². The molecule has 0 spiro atoms. The van der Waals surface area contributed by atoms with Crippen molar-refractivity contribution in [2.45, 2.75) is 25.4 Å². The van der Waals surface area contributed by atoms with Crippen molar-refractivity contribution in [1.29, 1.82) is 0 Å². The maximum Gasteiger partial charge on any atom is 0.328 e. The van der Waals surface area contributed by atoms with Crippen molar-refractivity contribution in [1.82, 2.24) is 9.88 Å². The number of benzene rings is 2. The number of hydrogen-bond donors (Lipinski definition) is 1. The number of nitrogens with zero attached hydrogens (tertiary/aromatic N) is 1. The zero-order chi connectivity index (χ0) is 20.0. The highest BCUT2D eigenvalue weighted by Gasteiger charge is 2.43. The van der Waals surface area contributed by atoms with E-state index in [-0.39, 0.29) is 5.91 Å². The van der Waals surface area contributed by atoms with Crippen molar-refractivity contribution < 1.29 is 14.3 Å². The maximum absolute atomic E-state index is 12.7. The number of aromatic amines is 1. The summed E-state index contributed by atoms with van der Waals surface area (Å²) in [6.07, 6.45) is 0.361. The minimum atomic E-state index is -0.755. The monoisotopic (exact) mass is 416 g/mol. The van der Waals surface area contributed by atoms with Crippen LogP contribution in [-0.2, 0) is 20.7 Å². The number of H-pyrrole nitrogens is 1. The van der Waals surface area contributed by atoms with E-state index in [2.05, 4.69) is 4.98 Å². The van der Waals surface area contributed by atoms with E-state index in [0.717, 1.165) is 22.2 Å². The fourth-order valence-electron chi connectivity index (χ4n) is 4.06. The lowest BCUT2D eigenvalue weighted by Gasteiger charge is -2.40. The molecule has 1 aliphatic rings. The normalized spacial score (nSPS) is 18.8. The number of ether oxygens (including phenoxy) is 1. The maximum atomic E-state index is 12.7. The lowest BCUT2D eigenvalue weighted by Crippen LogP contribution is -2.51. The summed E-state index contributed by atoms with van der Waals surface area (Å²) in [5.41, 5.74) is 3.40. The van der Waals surface area contributed by atoms with E-state index >= 15 is 0 Å². The Balaban J connectivity index is 2.03. The van der Waals surface area contributed by atoms with Crippen LogP contribution < -0.4 is 0 Å². The highest BCUT2D eigenvalue weighted by atomic mass is 35.5. The molecule has 7 heteroatoms. The van der Waals surface area contributed by atoms with Gasteiger partial charge in [-0.3, -0.25) is 4.79 Å². The summed E-state index contributed by atoms with van der Waals surface area (Å²) in [6.45, 7) is 1.44. The molecule has 2 atom stereocenters. The predicted molar refractivity (Wildman–Crippen MR) is 109 cm³/mol. The number of esters is 1.